The summed E-state index contributed by atoms with van der Waals surface area (Å²) in [4.78, 5) is 23.7. The van der Waals surface area contributed by atoms with E-state index in [4.69, 9.17) is 5.73 Å². The van der Waals surface area contributed by atoms with Crippen molar-refractivity contribution in [3.05, 3.63) is 70.1 Å². The summed E-state index contributed by atoms with van der Waals surface area (Å²) in [6, 6.07) is 12.1. The largest absolute Gasteiger partial charge is 0.344 e. The molecule has 1 aromatic carbocycles. The van der Waals surface area contributed by atoms with Gasteiger partial charge in [0.2, 0.25) is 0 Å². The van der Waals surface area contributed by atoms with Gasteiger partial charge in [-0.05, 0) is 11.6 Å². The van der Waals surface area contributed by atoms with Crippen LogP contribution in [0.2, 0.25) is 0 Å². The number of hydrogen-bond donors (Lipinski definition) is 2. The van der Waals surface area contributed by atoms with E-state index in [0.717, 1.165) is 5.56 Å². The Labute approximate surface area is 117 Å². The highest BCUT2D eigenvalue weighted by atomic mass is 16.2. The Bertz CT molecular complexity index is 650. The van der Waals surface area contributed by atoms with Gasteiger partial charge < -0.3 is 15.6 Å². The van der Waals surface area contributed by atoms with Crippen molar-refractivity contribution < 1.29 is 4.79 Å². The highest BCUT2D eigenvalue weighted by Gasteiger charge is 2.14. The number of amides is 1. The topological polar surface area (TPSA) is 77.1 Å². The Balaban J connectivity index is 2.17. The van der Waals surface area contributed by atoms with E-state index in [9.17, 15) is 9.59 Å². The van der Waals surface area contributed by atoms with Crippen LogP contribution >= 0.6 is 0 Å². The lowest BCUT2D eigenvalue weighted by Crippen LogP contribution is -2.34. The van der Waals surface area contributed by atoms with Crippen LogP contribution in [-0.4, -0.2) is 17.0 Å². The van der Waals surface area contributed by atoms with E-state index in [1.165, 1.54) is 10.6 Å². The molecule has 0 fully saturated rings. The molecule has 1 unspecified atom stereocenters. The lowest BCUT2D eigenvalue weighted by molar-refractivity contribution is 0.0937. The van der Waals surface area contributed by atoms with Gasteiger partial charge in [0.15, 0.2) is 0 Å². The van der Waals surface area contributed by atoms with Crippen molar-refractivity contribution in [1.29, 1.82) is 0 Å². The van der Waals surface area contributed by atoms with Crippen LogP contribution in [0.4, 0.5) is 0 Å². The number of aryl methyl sites for hydroxylation is 1. The number of pyridine rings is 1. The Morgan fingerprint density at radius 3 is 2.60 bits per heavy atom. The maximum atomic E-state index is 12.1. The van der Waals surface area contributed by atoms with E-state index >= 15 is 0 Å². The number of nitrogens with zero attached hydrogens (tertiary/aromatic N) is 1. The van der Waals surface area contributed by atoms with Crippen LogP contribution in [0.25, 0.3) is 0 Å². The molecule has 3 N–H and O–H groups in total. The Kier molecular flexibility index (Phi) is 4.32. The fourth-order valence-corrected chi connectivity index (χ4v) is 1.90. The third-order valence-electron chi connectivity index (χ3n) is 3.11. The zero-order chi connectivity index (χ0) is 14.5. The van der Waals surface area contributed by atoms with Crippen molar-refractivity contribution in [2.45, 2.75) is 6.04 Å². The standard InChI is InChI=1S/C15H17N3O2/c1-18-8-7-12(9-14(18)19)15(20)17-13(10-16)11-5-3-2-4-6-11/h2-9,13H,10,16H2,1H3,(H,17,20). The van der Waals surface area contributed by atoms with E-state index in [-0.39, 0.29) is 17.5 Å². The van der Waals surface area contributed by atoms with E-state index in [0.29, 0.717) is 12.1 Å². The van der Waals surface area contributed by atoms with Gasteiger partial charge >= 0.3 is 0 Å². The molecule has 20 heavy (non-hydrogen) atoms. The summed E-state index contributed by atoms with van der Waals surface area (Å²) >= 11 is 0. The third-order valence-corrected chi connectivity index (χ3v) is 3.11. The van der Waals surface area contributed by atoms with Crippen LogP contribution in [-0.2, 0) is 7.05 Å². The highest BCUT2D eigenvalue weighted by molar-refractivity contribution is 5.94. The van der Waals surface area contributed by atoms with Gasteiger partial charge in [-0.3, -0.25) is 9.59 Å². The van der Waals surface area contributed by atoms with Crippen LogP contribution in [0, 0.1) is 0 Å². The normalized spacial score (nSPS) is 11.9. The smallest absolute Gasteiger partial charge is 0.252 e. The summed E-state index contributed by atoms with van der Waals surface area (Å²) in [6.45, 7) is 0.292. The highest BCUT2D eigenvalue weighted by Crippen LogP contribution is 2.11. The number of rotatable bonds is 4. The lowest BCUT2D eigenvalue weighted by Gasteiger charge is -2.17. The Morgan fingerprint density at radius 2 is 2.00 bits per heavy atom. The van der Waals surface area contributed by atoms with Crippen LogP contribution in [0.3, 0.4) is 0 Å². The summed E-state index contributed by atoms with van der Waals surface area (Å²) in [5.41, 5.74) is 6.76. The molecule has 0 saturated carbocycles. The molecular weight excluding hydrogens is 254 g/mol. The van der Waals surface area contributed by atoms with Crippen LogP contribution in [0.1, 0.15) is 22.0 Å². The maximum absolute atomic E-state index is 12.1. The summed E-state index contributed by atoms with van der Waals surface area (Å²) in [6.07, 6.45) is 1.57. The molecule has 104 valence electrons. The van der Waals surface area contributed by atoms with Crippen molar-refractivity contribution in [2.24, 2.45) is 12.8 Å². The zero-order valence-corrected chi connectivity index (χ0v) is 11.2. The predicted octanol–water partition coefficient (Wildman–Crippen LogP) is 0.815. The van der Waals surface area contributed by atoms with E-state index in [1.54, 1.807) is 19.3 Å². The minimum Gasteiger partial charge on any atom is -0.344 e. The van der Waals surface area contributed by atoms with E-state index < -0.39 is 0 Å². The maximum Gasteiger partial charge on any atom is 0.252 e. The number of nitrogens with one attached hydrogen (secondary N) is 1. The minimum atomic E-state index is -0.304. The molecule has 0 saturated heterocycles. The van der Waals surface area contributed by atoms with Gasteiger partial charge in [0.05, 0.1) is 6.04 Å². The van der Waals surface area contributed by atoms with Crippen molar-refractivity contribution in [1.82, 2.24) is 9.88 Å². The van der Waals surface area contributed by atoms with Gasteiger partial charge in [-0.2, -0.15) is 0 Å². The zero-order valence-electron chi connectivity index (χ0n) is 11.2. The van der Waals surface area contributed by atoms with Gasteiger partial charge in [0.25, 0.3) is 11.5 Å². The first-order chi connectivity index (χ1) is 9.61. The number of carbonyl (C=O) groups excluding carboxylic acids is 1. The second kappa shape index (κ2) is 6.16. The quantitative estimate of drug-likeness (QED) is 0.864. The molecular formula is C15H17N3O2. The molecule has 0 spiro atoms. The monoisotopic (exact) mass is 271 g/mol. The molecule has 1 atom stereocenters. The fourth-order valence-electron chi connectivity index (χ4n) is 1.90. The van der Waals surface area contributed by atoms with Gasteiger partial charge in [-0.1, -0.05) is 30.3 Å². The van der Waals surface area contributed by atoms with Crippen LogP contribution in [0.5, 0.6) is 0 Å². The van der Waals surface area contributed by atoms with E-state index in [2.05, 4.69) is 5.32 Å². The average molecular weight is 271 g/mol. The fraction of sp³-hybridized carbons (Fsp3) is 0.200. The van der Waals surface area contributed by atoms with E-state index in [1.807, 2.05) is 30.3 Å². The number of benzene rings is 1. The summed E-state index contributed by atoms with van der Waals surface area (Å²) < 4.78 is 1.41. The second-order valence-corrected chi connectivity index (χ2v) is 4.54. The van der Waals surface area contributed by atoms with Crippen molar-refractivity contribution in [2.75, 3.05) is 6.54 Å². The van der Waals surface area contributed by atoms with Crippen molar-refractivity contribution in [3.63, 3.8) is 0 Å². The van der Waals surface area contributed by atoms with Crippen LogP contribution < -0.4 is 16.6 Å². The minimum absolute atomic E-state index is 0.221. The summed E-state index contributed by atoms with van der Waals surface area (Å²) in [5.74, 6) is -0.304. The number of carbonyl (C=O) groups is 1. The molecule has 2 rings (SSSR count). The van der Waals surface area contributed by atoms with Gasteiger partial charge in [0, 0.05) is 31.4 Å². The number of hydrogen-bond acceptors (Lipinski definition) is 3. The number of aromatic nitrogens is 1. The first kappa shape index (κ1) is 14.0. The average Bonchev–Trinajstić information content (AvgIpc) is 2.48. The summed E-state index contributed by atoms with van der Waals surface area (Å²) in [5, 5.41) is 2.83. The van der Waals surface area contributed by atoms with Crippen molar-refractivity contribution in [3.8, 4) is 0 Å². The Hall–Kier alpha value is -2.40. The molecule has 1 aromatic heterocycles. The van der Waals surface area contributed by atoms with Crippen molar-refractivity contribution >= 4 is 5.91 Å². The molecule has 5 heteroatoms. The Morgan fingerprint density at radius 1 is 1.30 bits per heavy atom. The van der Waals surface area contributed by atoms with Gasteiger partial charge in [0.1, 0.15) is 0 Å². The third kappa shape index (κ3) is 3.13. The van der Waals surface area contributed by atoms with Gasteiger partial charge in [-0.25, -0.2) is 0 Å². The molecule has 5 nitrogen and oxygen atoms in total. The molecule has 2 aromatic rings. The van der Waals surface area contributed by atoms with Gasteiger partial charge in [-0.15, -0.1) is 0 Å². The first-order valence-corrected chi connectivity index (χ1v) is 6.34. The van der Waals surface area contributed by atoms with Crippen LogP contribution in [0.15, 0.2) is 53.5 Å². The molecule has 0 aliphatic rings. The number of nitrogens with two attached hydrogens (primary N) is 1. The molecule has 0 bridgehead atoms. The molecule has 1 heterocycles. The predicted molar refractivity (Wildman–Crippen MR) is 77.4 cm³/mol. The molecule has 0 aliphatic carbocycles. The SMILES string of the molecule is Cn1ccc(C(=O)NC(CN)c2ccccc2)cc1=O. The molecule has 0 radical (unpaired) electrons. The first-order valence-electron chi connectivity index (χ1n) is 6.34. The lowest BCUT2D eigenvalue weighted by atomic mass is 10.1. The molecule has 0 aliphatic heterocycles. The summed E-state index contributed by atoms with van der Waals surface area (Å²) in [7, 11) is 1.64. The second-order valence-electron chi connectivity index (χ2n) is 4.54. The molecule has 1 amide bonds.